The van der Waals surface area contributed by atoms with Crippen molar-refractivity contribution in [1.29, 1.82) is 0 Å². The largest absolute Gasteiger partial charge is 0.573 e. The van der Waals surface area contributed by atoms with Gasteiger partial charge in [-0.1, -0.05) is 0 Å². The van der Waals surface area contributed by atoms with Crippen LogP contribution in [0.2, 0.25) is 0 Å². The summed E-state index contributed by atoms with van der Waals surface area (Å²) in [6.45, 7) is 2.28. The quantitative estimate of drug-likeness (QED) is 0.600. The maximum absolute atomic E-state index is 12.1. The summed E-state index contributed by atoms with van der Waals surface area (Å²) in [5.74, 6) is -1.80. The van der Waals surface area contributed by atoms with Gasteiger partial charge >= 0.3 is 18.3 Å². The van der Waals surface area contributed by atoms with Crippen LogP contribution >= 0.6 is 0 Å². The van der Waals surface area contributed by atoms with E-state index >= 15 is 0 Å². The van der Waals surface area contributed by atoms with E-state index in [9.17, 15) is 22.8 Å². The van der Waals surface area contributed by atoms with Gasteiger partial charge in [0, 0.05) is 0 Å². The molecule has 0 aliphatic heterocycles. The highest BCUT2D eigenvalue weighted by Crippen LogP contribution is 2.23. The molecule has 0 heterocycles. The molecule has 2 aromatic carbocycles. The Bertz CT molecular complexity index is 736. The van der Waals surface area contributed by atoms with Crippen LogP contribution in [0.4, 0.5) is 13.2 Å². The summed E-state index contributed by atoms with van der Waals surface area (Å²) in [6, 6.07) is 9.99. The van der Waals surface area contributed by atoms with Gasteiger partial charge in [-0.05, 0) is 55.5 Å². The molecule has 0 spiro atoms. The zero-order valence-corrected chi connectivity index (χ0v) is 13.0. The molecule has 0 aliphatic carbocycles. The van der Waals surface area contributed by atoms with Crippen LogP contribution in [0, 0.1) is 0 Å². The average molecular weight is 354 g/mol. The smallest absolute Gasteiger partial charge is 0.494 e. The van der Waals surface area contributed by atoms with E-state index in [4.69, 9.17) is 4.74 Å². The monoisotopic (exact) mass is 354 g/mol. The van der Waals surface area contributed by atoms with Gasteiger partial charge in [-0.3, -0.25) is 0 Å². The number of halogens is 3. The van der Waals surface area contributed by atoms with Gasteiger partial charge in [0.15, 0.2) is 0 Å². The van der Waals surface area contributed by atoms with Crippen molar-refractivity contribution in [2.75, 3.05) is 6.61 Å². The maximum atomic E-state index is 12.1. The van der Waals surface area contributed by atoms with Gasteiger partial charge in [-0.2, -0.15) is 0 Å². The molecular formula is C17H13F3O5. The Kier molecular flexibility index (Phi) is 5.63. The van der Waals surface area contributed by atoms with E-state index < -0.39 is 24.1 Å². The molecule has 25 heavy (non-hydrogen) atoms. The molecule has 0 bridgehead atoms. The van der Waals surface area contributed by atoms with Gasteiger partial charge in [0.1, 0.15) is 11.5 Å². The van der Waals surface area contributed by atoms with Crippen LogP contribution in [0.1, 0.15) is 27.6 Å². The van der Waals surface area contributed by atoms with E-state index in [2.05, 4.69) is 9.47 Å². The van der Waals surface area contributed by atoms with E-state index in [-0.39, 0.29) is 11.1 Å². The molecule has 2 rings (SSSR count). The average Bonchev–Trinajstić information content (AvgIpc) is 2.55. The third-order valence-corrected chi connectivity index (χ3v) is 2.91. The second kappa shape index (κ2) is 7.69. The zero-order valence-electron chi connectivity index (χ0n) is 13.0. The zero-order chi connectivity index (χ0) is 18.4. The first-order valence-corrected chi connectivity index (χ1v) is 7.13. The lowest BCUT2D eigenvalue weighted by Gasteiger charge is -2.09. The number of alkyl halides is 3. The van der Waals surface area contributed by atoms with Gasteiger partial charge in [-0.15, -0.1) is 13.2 Å². The molecule has 8 heteroatoms. The van der Waals surface area contributed by atoms with Crippen LogP contribution in [-0.4, -0.2) is 24.9 Å². The van der Waals surface area contributed by atoms with E-state index in [1.54, 1.807) is 12.1 Å². The van der Waals surface area contributed by atoms with Crippen molar-refractivity contribution in [3.63, 3.8) is 0 Å². The van der Waals surface area contributed by atoms with Gasteiger partial charge in [0.05, 0.1) is 17.7 Å². The van der Waals surface area contributed by atoms with Crippen LogP contribution in [0.3, 0.4) is 0 Å². The number of carbonyl (C=O) groups excluding carboxylic acids is 2. The highest BCUT2D eigenvalue weighted by Gasteiger charge is 2.31. The molecule has 0 aromatic heterocycles. The Morgan fingerprint density at radius 1 is 0.840 bits per heavy atom. The number of hydrogen-bond acceptors (Lipinski definition) is 5. The highest BCUT2D eigenvalue weighted by molar-refractivity contribution is 6.02. The first-order chi connectivity index (χ1) is 11.8. The molecule has 0 aliphatic rings. The molecule has 0 fully saturated rings. The van der Waals surface area contributed by atoms with E-state index in [1.807, 2.05) is 6.92 Å². The van der Waals surface area contributed by atoms with Crippen molar-refractivity contribution < 1.29 is 37.0 Å². The molecule has 0 amide bonds. The number of rotatable bonds is 5. The molecule has 0 atom stereocenters. The Morgan fingerprint density at radius 3 is 1.68 bits per heavy atom. The highest BCUT2D eigenvalue weighted by atomic mass is 19.4. The Morgan fingerprint density at radius 2 is 1.28 bits per heavy atom. The third-order valence-electron chi connectivity index (χ3n) is 2.91. The Labute approximate surface area is 140 Å². The molecular weight excluding hydrogens is 341 g/mol. The second-order valence-corrected chi connectivity index (χ2v) is 4.71. The fourth-order valence-corrected chi connectivity index (χ4v) is 1.85. The first-order valence-electron chi connectivity index (χ1n) is 7.13. The number of benzene rings is 2. The Balaban J connectivity index is 1.99. The minimum atomic E-state index is -4.83. The van der Waals surface area contributed by atoms with Crippen LogP contribution in [0.25, 0.3) is 0 Å². The van der Waals surface area contributed by atoms with Gasteiger partial charge in [-0.25, -0.2) is 9.59 Å². The summed E-state index contributed by atoms with van der Waals surface area (Å²) in [5, 5.41) is 0. The molecule has 0 saturated heterocycles. The standard InChI is InChI=1S/C17H13F3O5/c1-2-23-13-7-3-11(4-8-13)15(21)24-16(22)12-5-9-14(10-6-12)25-17(18,19)20/h3-10H,2H2,1H3. The van der Waals surface area contributed by atoms with Crippen molar-refractivity contribution >= 4 is 11.9 Å². The van der Waals surface area contributed by atoms with Crippen LogP contribution in [0.15, 0.2) is 48.5 Å². The minimum Gasteiger partial charge on any atom is -0.494 e. The van der Waals surface area contributed by atoms with E-state index in [1.165, 1.54) is 12.1 Å². The Hall–Kier alpha value is -3.03. The molecule has 0 N–H and O–H groups in total. The van der Waals surface area contributed by atoms with Gasteiger partial charge in [0.25, 0.3) is 0 Å². The summed E-state index contributed by atoms with van der Waals surface area (Å²) in [6.07, 6.45) is -4.83. The lowest BCUT2D eigenvalue weighted by Crippen LogP contribution is -2.17. The first kappa shape index (κ1) is 18.3. The predicted octanol–water partition coefficient (Wildman–Crippen LogP) is 3.98. The SMILES string of the molecule is CCOc1ccc(C(=O)OC(=O)c2ccc(OC(F)(F)F)cc2)cc1. The van der Waals surface area contributed by atoms with E-state index in [0.29, 0.717) is 12.4 Å². The second-order valence-electron chi connectivity index (χ2n) is 4.71. The third kappa shape index (κ3) is 5.52. The molecule has 5 nitrogen and oxygen atoms in total. The van der Waals surface area contributed by atoms with Crippen molar-refractivity contribution in [2.24, 2.45) is 0 Å². The van der Waals surface area contributed by atoms with Crippen molar-refractivity contribution in [3.8, 4) is 11.5 Å². The van der Waals surface area contributed by atoms with Crippen molar-refractivity contribution in [2.45, 2.75) is 13.3 Å². The van der Waals surface area contributed by atoms with Crippen LogP contribution in [-0.2, 0) is 4.74 Å². The molecule has 132 valence electrons. The fourth-order valence-electron chi connectivity index (χ4n) is 1.85. The molecule has 0 unspecified atom stereocenters. The minimum absolute atomic E-state index is 0.0891. The maximum Gasteiger partial charge on any atom is 0.573 e. The van der Waals surface area contributed by atoms with Gasteiger partial charge in [0.2, 0.25) is 0 Å². The number of ether oxygens (including phenoxy) is 3. The normalized spacial score (nSPS) is 10.9. The fraction of sp³-hybridized carbons (Fsp3) is 0.176. The summed E-state index contributed by atoms with van der Waals surface area (Å²) in [7, 11) is 0. The number of esters is 2. The summed E-state index contributed by atoms with van der Waals surface area (Å²) in [5.41, 5.74) is 0.0441. The molecule has 0 radical (unpaired) electrons. The van der Waals surface area contributed by atoms with Crippen molar-refractivity contribution in [1.82, 2.24) is 0 Å². The summed E-state index contributed by atoms with van der Waals surface area (Å²) >= 11 is 0. The van der Waals surface area contributed by atoms with Crippen molar-refractivity contribution in [3.05, 3.63) is 59.7 Å². The summed E-state index contributed by atoms with van der Waals surface area (Å²) < 4.78 is 49.8. The van der Waals surface area contributed by atoms with Gasteiger partial charge < -0.3 is 14.2 Å². The van der Waals surface area contributed by atoms with E-state index in [0.717, 1.165) is 24.3 Å². The van der Waals surface area contributed by atoms with Crippen LogP contribution in [0.5, 0.6) is 11.5 Å². The number of carbonyl (C=O) groups is 2. The number of hydrogen-bond donors (Lipinski definition) is 0. The van der Waals surface area contributed by atoms with Crippen LogP contribution < -0.4 is 9.47 Å². The lowest BCUT2D eigenvalue weighted by molar-refractivity contribution is -0.274. The molecule has 0 saturated carbocycles. The molecule has 2 aromatic rings. The lowest BCUT2D eigenvalue weighted by atomic mass is 10.2. The topological polar surface area (TPSA) is 61.8 Å². The predicted molar refractivity (Wildman–Crippen MR) is 80.5 cm³/mol. The summed E-state index contributed by atoms with van der Waals surface area (Å²) in [4.78, 5) is 23.8.